The molecule has 0 aliphatic heterocycles. The zero-order valence-corrected chi connectivity index (χ0v) is 15.6. The van der Waals surface area contributed by atoms with Crippen molar-refractivity contribution in [2.75, 3.05) is 5.32 Å². The van der Waals surface area contributed by atoms with E-state index in [2.05, 4.69) is 21.2 Å². The first-order valence-electron chi connectivity index (χ1n) is 7.76. The van der Waals surface area contributed by atoms with E-state index in [1.807, 2.05) is 36.4 Å². The van der Waals surface area contributed by atoms with Crippen LogP contribution in [0.15, 0.2) is 71.2 Å². The first-order chi connectivity index (χ1) is 12.1. The van der Waals surface area contributed by atoms with Gasteiger partial charge in [-0.2, -0.15) is 0 Å². The van der Waals surface area contributed by atoms with Crippen LogP contribution in [0.4, 0.5) is 10.1 Å². The normalized spacial score (nSPS) is 10.5. The van der Waals surface area contributed by atoms with E-state index in [1.165, 1.54) is 6.07 Å². The predicted octanol–water partition coefficient (Wildman–Crippen LogP) is 6.43. The Balaban J connectivity index is 1.71. The Morgan fingerprint density at radius 2 is 1.72 bits per heavy atom. The van der Waals surface area contributed by atoms with Crippen LogP contribution in [0.2, 0.25) is 5.02 Å². The molecule has 0 spiro atoms. The van der Waals surface area contributed by atoms with Crippen LogP contribution < -0.4 is 10.1 Å². The molecule has 0 bridgehead atoms. The molecule has 0 amide bonds. The summed E-state index contributed by atoms with van der Waals surface area (Å²) in [5.41, 5.74) is 2.42. The highest BCUT2D eigenvalue weighted by Gasteiger charge is 2.07. The van der Waals surface area contributed by atoms with Gasteiger partial charge in [-0.1, -0.05) is 45.7 Å². The summed E-state index contributed by atoms with van der Waals surface area (Å²) in [6.45, 7) is 0.717. The smallest absolute Gasteiger partial charge is 0.129 e. The summed E-state index contributed by atoms with van der Waals surface area (Å²) in [4.78, 5) is 0. The molecule has 0 radical (unpaired) electrons. The molecular weight excluding hydrogens is 405 g/mol. The van der Waals surface area contributed by atoms with E-state index in [0.29, 0.717) is 22.9 Å². The van der Waals surface area contributed by atoms with Gasteiger partial charge in [0.25, 0.3) is 0 Å². The molecule has 0 atom stereocenters. The van der Waals surface area contributed by atoms with Crippen molar-refractivity contribution in [1.82, 2.24) is 0 Å². The van der Waals surface area contributed by atoms with Gasteiger partial charge in [0, 0.05) is 32.9 Å². The minimum Gasteiger partial charge on any atom is -0.488 e. The standard InChI is InChI=1S/C20H16BrClFNO/c21-16-5-8-18(9-6-16)24-12-15-11-17(22)7-10-20(15)25-13-14-3-1-2-4-19(14)23/h1-11,24H,12-13H2. The van der Waals surface area contributed by atoms with Gasteiger partial charge in [-0.15, -0.1) is 0 Å². The van der Waals surface area contributed by atoms with Crippen molar-refractivity contribution in [3.8, 4) is 5.75 Å². The predicted molar refractivity (Wildman–Crippen MR) is 104 cm³/mol. The Bertz CT molecular complexity index is 855. The lowest BCUT2D eigenvalue weighted by molar-refractivity contribution is 0.297. The third-order valence-corrected chi connectivity index (χ3v) is 4.45. The lowest BCUT2D eigenvalue weighted by Gasteiger charge is -2.14. The average molecular weight is 421 g/mol. The molecule has 0 aliphatic carbocycles. The fourth-order valence-electron chi connectivity index (χ4n) is 2.36. The largest absolute Gasteiger partial charge is 0.488 e. The zero-order chi connectivity index (χ0) is 17.6. The molecule has 0 aromatic heterocycles. The Hall–Kier alpha value is -2.04. The van der Waals surface area contributed by atoms with Gasteiger partial charge in [0.05, 0.1) is 0 Å². The summed E-state index contributed by atoms with van der Waals surface area (Å²) in [5.74, 6) is 0.406. The Kier molecular flexibility index (Phi) is 5.95. The molecule has 25 heavy (non-hydrogen) atoms. The fourth-order valence-corrected chi connectivity index (χ4v) is 2.82. The molecule has 1 N–H and O–H groups in total. The third kappa shape index (κ3) is 4.97. The van der Waals surface area contributed by atoms with Crippen LogP contribution in [0.25, 0.3) is 0 Å². The van der Waals surface area contributed by atoms with Crippen molar-refractivity contribution in [1.29, 1.82) is 0 Å². The molecule has 0 saturated heterocycles. The van der Waals surface area contributed by atoms with Crippen LogP contribution in [0, 0.1) is 5.82 Å². The van der Waals surface area contributed by atoms with E-state index >= 15 is 0 Å². The molecule has 0 saturated carbocycles. The summed E-state index contributed by atoms with van der Waals surface area (Å²) in [6, 6.07) is 19.9. The first-order valence-corrected chi connectivity index (χ1v) is 8.93. The molecular formula is C20H16BrClFNO. The minimum atomic E-state index is -0.272. The topological polar surface area (TPSA) is 21.3 Å². The monoisotopic (exact) mass is 419 g/mol. The second kappa shape index (κ2) is 8.37. The second-order valence-corrected chi connectivity index (χ2v) is 6.84. The molecule has 3 rings (SSSR count). The summed E-state index contributed by atoms with van der Waals surface area (Å²) in [5, 5.41) is 3.96. The molecule has 0 unspecified atom stereocenters. The maximum absolute atomic E-state index is 13.7. The molecule has 0 fully saturated rings. The van der Waals surface area contributed by atoms with Gasteiger partial charge >= 0.3 is 0 Å². The van der Waals surface area contributed by atoms with Crippen molar-refractivity contribution >= 4 is 33.2 Å². The van der Waals surface area contributed by atoms with Gasteiger partial charge in [0.2, 0.25) is 0 Å². The van der Waals surface area contributed by atoms with Gasteiger partial charge < -0.3 is 10.1 Å². The Morgan fingerprint density at radius 3 is 2.48 bits per heavy atom. The lowest BCUT2D eigenvalue weighted by atomic mass is 10.2. The van der Waals surface area contributed by atoms with E-state index in [-0.39, 0.29) is 12.4 Å². The molecule has 5 heteroatoms. The maximum Gasteiger partial charge on any atom is 0.129 e. The molecule has 2 nitrogen and oxygen atoms in total. The summed E-state index contributed by atoms with van der Waals surface area (Å²) in [6.07, 6.45) is 0. The molecule has 0 aliphatic rings. The van der Waals surface area contributed by atoms with E-state index in [9.17, 15) is 4.39 Å². The van der Waals surface area contributed by atoms with Crippen LogP contribution in [0.3, 0.4) is 0 Å². The van der Waals surface area contributed by atoms with Gasteiger partial charge in [0.1, 0.15) is 18.2 Å². The van der Waals surface area contributed by atoms with E-state index in [0.717, 1.165) is 15.7 Å². The maximum atomic E-state index is 13.7. The fraction of sp³-hybridized carbons (Fsp3) is 0.100. The van der Waals surface area contributed by atoms with Crippen molar-refractivity contribution in [2.45, 2.75) is 13.2 Å². The van der Waals surface area contributed by atoms with Crippen molar-refractivity contribution < 1.29 is 9.13 Å². The van der Waals surface area contributed by atoms with E-state index in [1.54, 1.807) is 24.3 Å². The second-order valence-electron chi connectivity index (χ2n) is 5.49. The highest BCUT2D eigenvalue weighted by atomic mass is 79.9. The zero-order valence-electron chi connectivity index (χ0n) is 13.3. The van der Waals surface area contributed by atoms with Crippen LogP contribution in [0.1, 0.15) is 11.1 Å². The van der Waals surface area contributed by atoms with Gasteiger partial charge in [-0.3, -0.25) is 0 Å². The minimum absolute atomic E-state index is 0.166. The number of nitrogens with one attached hydrogen (secondary N) is 1. The third-order valence-electron chi connectivity index (χ3n) is 3.69. The van der Waals surface area contributed by atoms with Crippen LogP contribution in [0.5, 0.6) is 5.75 Å². The highest BCUT2D eigenvalue weighted by Crippen LogP contribution is 2.25. The Morgan fingerprint density at radius 1 is 0.960 bits per heavy atom. The van der Waals surface area contributed by atoms with Crippen molar-refractivity contribution in [3.05, 3.63) is 93.2 Å². The van der Waals surface area contributed by atoms with Gasteiger partial charge in [0.15, 0.2) is 0 Å². The van der Waals surface area contributed by atoms with Crippen molar-refractivity contribution in [3.63, 3.8) is 0 Å². The number of hydrogen-bond donors (Lipinski definition) is 1. The molecule has 0 heterocycles. The quantitative estimate of drug-likeness (QED) is 0.496. The van der Waals surface area contributed by atoms with E-state index in [4.69, 9.17) is 16.3 Å². The van der Waals surface area contributed by atoms with Crippen LogP contribution >= 0.6 is 27.5 Å². The van der Waals surface area contributed by atoms with Crippen LogP contribution in [-0.2, 0) is 13.2 Å². The molecule has 3 aromatic rings. The van der Waals surface area contributed by atoms with Crippen LogP contribution in [-0.4, -0.2) is 0 Å². The number of rotatable bonds is 6. The number of anilines is 1. The molecule has 3 aromatic carbocycles. The van der Waals surface area contributed by atoms with Crippen molar-refractivity contribution in [2.24, 2.45) is 0 Å². The summed E-state index contributed by atoms with van der Waals surface area (Å²) >= 11 is 9.53. The number of benzene rings is 3. The highest BCUT2D eigenvalue weighted by molar-refractivity contribution is 9.10. The van der Waals surface area contributed by atoms with Gasteiger partial charge in [-0.25, -0.2) is 4.39 Å². The number of hydrogen-bond acceptors (Lipinski definition) is 2. The number of halogens is 3. The first kappa shape index (κ1) is 17.8. The number of ether oxygens (including phenoxy) is 1. The lowest BCUT2D eigenvalue weighted by Crippen LogP contribution is -2.04. The summed E-state index contributed by atoms with van der Waals surface area (Å²) in [7, 11) is 0. The molecule has 128 valence electrons. The SMILES string of the molecule is Fc1ccccc1COc1ccc(Cl)cc1CNc1ccc(Br)cc1. The Labute approximate surface area is 159 Å². The summed E-state index contributed by atoms with van der Waals surface area (Å²) < 4.78 is 20.6. The average Bonchev–Trinajstić information content (AvgIpc) is 2.62. The van der Waals surface area contributed by atoms with E-state index < -0.39 is 0 Å². The van der Waals surface area contributed by atoms with Gasteiger partial charge in [-0.05, 0) is 48.5 Å².